The zero-order valence-corrected chi connectivity index (χ0v) is 10.0. The van der Waals surface area contributed by atoms with Gasteiger partial charge in [0.2, 0.25) is 0 Å². The van der Waals surface area contributed by atoms with Crippen LogP contribution in [0.15, 0.2) is 47.1 Å². The van der Waals surface area contributed by atoms with Crippen LogP contribution in [0.1, 0.15) is 19.4 Å². The first kappa shape index (κ1) is 11.5. The van der Waals surface area contributed by atoms with Crippen molar-refractivity contribution in [3.8, 4) is 11.3 Å². The van der Waals surface area contributed by atoms with Crippen LogP contribution in [0.2, 0.25) is 0 Å². The van der Waals surface area contributed by atoms with Crippen LogP contribution in [0.4, 0.5) is 0 Å². The Labute approximate surface area is 101 Å². The molecular formula is C14H16N2O. The molecule has 3 nitrogen and oxygen atoms in total. The standard InChI is InChI=1S/C14H16N2O/c1-10(2)16-14(15)12-8-13(17-9-12)11-6-4-3-5-7-11/h3-10H,1-2H3,(H2,15,16). The maximum absolute atomic E-state index is 7.86. The molecular weight excluding hydrogens is 212 g/mol. The smallest absolute Gasteiger partial charge is 0.134 e. The Morgan fingerprint density at radius 3 is 2.59 bits per heavy atom. The van der Waals surface area contributed by atoms with Gasteiger partial charge in [0.25, 0.3) is 0 Å². The first-order valence-electron chi connectivity index (χ1n) is 5.66. The fraction of sp³-hybridized carbons (Fsp3) is 0.214. The second-order valence-corrected chi connectivity index (χ2v) is 4.24. The summed E-state index contributed by atoms with van der Waals surface area (Å²) in [5, 5.41) is 10.9. The molecule has 2 N–H and O–H groups in total. The van der Waals surface area contributed by atoms with Crippen LogP contribution in [0.3, 0.4) is 0 Å². The van der Waals surface area contributed by atoms with Crippen LogP contribution in [0, 0.1) is 5.41 Å². The average Bonchev–Trinajstić information content (AvgIpc) is 2.78. The van der Waals surface area contributed by atoms with Crippen molar-refractivity contribution in [2.24, 2.45) is 0 Å². The maximum atomic E-state index is 7.86. The predicted octanol–water partition coefficient (Wildman–Crippen LogP) is 3.27. The summed E-state index contributed by atoms with van der Waals surface area (Å²) in [5.41, 5.74) is 1.80. The van der Waals surface area contributed by atoms with Gasteiger partial charge < -0.3 is 9.73 Å². The highest BCUT2D eigenvalue weighted by Crippen LogP contribution is 2.21. The number of nitrogens with one attached hydrogen (secondary N) is 2. The predicted molar refractivity (Wildman–Crippen MR) is 69.2 cm³/mol. The van der Waals surface area contributed by atoms with E-state index in [0.29, 0.717) is 5.84 Å². The Morgan fingerprint density at radius 2 is 1.94 bits per heavy atom. The molecule has 0 aliphatic rings. The lowest BCUT2D eigenvalue weighted by Crippen LogP contribution is -2.29. The lowest BCUT2D eigenvalue weighted by Gasteiger charge is -2.08. The third-order valence-electron chi connectivity index (χ3n) is 2.38. The number of hydrogen-bond donors (Lipinski definition) is 2. The molecule has 2 rings (SSSR count). The molecule has 0 saturated carbocycles. The zero-order valence-electron chi connectivity index (χ0n) is 10.0. The number of benzene rings is 1. The highest BCUT2D eigenvalue weighted by atomic mass is 16.3. The van der Waals surface area contributed by atoms with Crippen molar-refractivity contribution >= 4 is 5.84 Å². The van der Waals surface area contributed by atoms with Gasteiger partial charge in [-0.2, -0.15) is 0 Å². The van der Waals surface area contributed by atoms with E-state index >= 15 is 0 Å². The van der Waals surface area contributed by atoms with Gasteiger partial charge in [0.15, 0.2) is 0 Å². The molecule has 0 saturated heterocycles. The summed E-state index contributed by atoms with van der Waals surface area (Å²) >= 11 is 0. The monoisotopic (exact) mass is 228 g/mol. The SMILES string of the molecule is CC(C)NC(=N)c1coc(-c2ccccc2)c1. The van der Waals surface area contributed by atoms with E-state index in [1.54, 1.807) is 6.26 Å². The minimum absolute atomic E-state index is 0.248. The number of amidine groups is 1. The van der Waals surface area contributed by atoms with Gasteiger partial charge in [0, 0.05) is 11.6 Å². The van der Waals surface area contributed by atoms with Crippen LogP contribution in [-0.2, 0) is 0 Å². The average molecular weight is 228 g/mol. The molecule has 0 unspecified atom stereocenters. The molecule has 2 aromatic rings. The van der Waals surface area contributed by atoms with Crippen molar-refractivity contribution in [3.05, 3.63) is 48.2 Å². The van der Waals surface area contributed by atoms with Crippen LogP contribution in [0.25, 0.3) is 11.3 Å². The van der Waals surface area contributed by atoms with Gasteiger partial charge in [-0.3, -0.25) is 5.41 Å². The Kier molecular flexibility index (Phi) is 3.28. The summed E-state index contributed by atoms with van der Waals surface area (Å²) < 4.78 is 5.47. The molecule has 0 spiro atoms. The molecule has 3 heteroatoms. The van der Waals surface area contributed by atoms with E-state index in [4.69, 9.17) is 9.83 Å². The Bertz CT molecular complexity index is 500. The van der Waals surface area contributed by atoms with Crippen molar-refractivity contribution in [1.82, 2.24) is 5.32 Å². The first-order chi connectivity index (χ1) is 8.16. The van der Waals surface area contributed by atoms with Crippen LogP contribution < -0.4 is 5.32 Å². The Morgan fingerprint density at radius 1 is 1.24 bits per heavy atom. The molecule has 0 aliphatic heterocycles. The fourth-order valence-electron chi connectivity index (χ4n) is 1.59. The van der Waals surface area contributed by atoms with E-state index in [9.17, 15) is 0 Å². The van der Waals surface area contributed by atoms with Crippen molar-refractivity contribution in [2.45, 2.75) is 19.9 Å². The van der Waals surface area contributed by atoms with Gasteiger partial charge in [-0.15, -0.1) is 0 Å². The molecule has 0 amide bonds. The number of furan rings is 1. The van der Waals surface area contributed by atoms with Gasteiger partial charge in [-0.25, -0.2) is 0 Å². The molecule has 0 aliphatic carbocycles. The normalized spacial score (nSPS) is 10.5. The van der Waals surface area contributed by atoms with E-state index in [1.807, 2.05) is 50.2 Å². The van der Waals surface area contributed by atoms with Crippen molar-refractivity contribution in [2.75, 3.05) is 0 Å². The van der Waals surface area contributed by atoms with E-state index in [0.717, 1.165) is 16.9 Å². The molecule has 1 aromatic heterocycles. The summed E-state index contributed by atoms with van der Waals surface area (Å²) in [6.45, 7) is 4.01. The van der Waals surface area contributed by atoms with Gasteiger partial charge >= 0.3 is 0 Å². The largest absolute Gasteiger partial charge is 0.464 e. The lowest BCUT2D eigenvalue weighted by molar-refractivity contribution is 0.581. The maximum Gasteiger partial charge on any atom is 0.134 e. The third kappa shape index (κ3) is 2.75. The Balaban J connectivity index is 2.19. The second-order valence-electron chi connectivity index (χ2n) is 4.24. The van der Waals surface area contributed by atoms with Gasteiger partial charge in [-0.1, -0.05) is 30.3 Å². The van der Waals surface area contributed by atoms with Crippen molar-refractivity contribution in [1.29, 1.82) is 5.41 Å². The van der Waals surface area contributed by atoms with Crippen LogP contribution in [0.5, 0.6) is 0 Å². The highest BCUT2D eigenvalue weighted by Gasteiger charge is 2.08. The molecule has 0 fully saturated rings. The highest BCUT2D eigenvalue weighted by molar-refractivity contribution is 5.97. The second kappa shape index (κ2) is 4.87. The van der Waals surface area contributed by atoms with Crippen LogP contribution >= 0.6 is 0 Å². The topological polar surface area (TPSA) is 49.0 Å². The van der Waals surface area contributed by atoms with Gasteiger partial charge in [0.1, 0.15) is 17.9 Å². The molecule has 0 radical (unpaired) electrons. The minimum atomic E-state index is 0.248. The summed E-state index contributed by atoms with van der Waals surface area (Å²) in [6.07, 6.45) is 1.61. The molecule has 1 aromatic carbocycles. The van der Waals surface area contributed by atoms with Crippen molar-refractivity contribution in [3.63, 3.8) is 0 Å². The number of rotatable bonds is 3. The van der Waals surface area contributed by atoms with Crippen LogP contribution in [-0.4, -0.2) is 11.9 Å². The minimum Gasteiger partial charge on any atom is -0.464 e. The summed E-state index contributed by atoms with van der Waals surface area (Å²) in [7, 11) is 0. The fourth-order valence-corrected chi connectivity index (χ4v) is 1.59. The van der Waals surface area contributed by atoms with Crippen molar-refractivity contribution < 1.29 is 4.42 Å². The lowest BCUT2D eigenvalue weighted by atomic mass is 10.1. The molecule has 0 bridgehead atoms. The molecule has 88 valence electrons. The zero-order chi connectivity index (χ0) is 12.3. The van der Waals surface area contributed by atoms with Gasteiger partial charge in [-0.05, 0) is 19.9 Å². The summed E-state index contributed by atoms with van der Waals surface area (Å²) in [6, 6.07) is 12.0. The molecule has 17 heavy (non-hydrogen) atoms. The quantitative estimate of drug-likeness (QED) is 0.625. The summed E-state index contributed by atoms with van der Waals surface area (Å²) in [5.74, 6) is 1.18. The number of hydrogen-bond acceptors (Lipinski definition) is 2. The van der Waals surface area contributed by atoms with E-state index in [-0.39, 0.29) is 6.04 Å². The van der Waals surface area contributed by atoms with Gasteiger partial charge in [0.05, 0.1) is 5.56 Å². The molecule has 0 atom stereocenters. The van der Waals surface area contributed by atoms with E-state index in [1.165, 1.54) is 0 Å². The summed E-state index contributed by atoms with van der Waals surface area (Å²) in [4.78, 5) is 0. The first-order valence-corrected chi connectivity index (χ1v) is 5.66. The molecule has 1 heterocycles. The van der Waals surface area contributed by atoms with E-state index in [2.05, 4.69) is 5.32 Å². The Hall–Kier alpha value is -2.03. The van der Waals surface area contributed by atoms with E-state index < -0.39 is 0 Å². The third-order valence-corrected chi connectivity index (χ3v) is 2.38.